The van der Waals surface area contributed by atoms with Crippen LogP contribution in [0.5, 0.6) is 0 Å². The number of anilines is 1. The van der Waals surface area contributed by atoms with E-state index in [0.717, 1.165) is 12.5 Å². The topological polar surface area (TPSA) is 94.3 Å². The summed E-state index contributed by atoms with van der Waals surface area (Å²) in [5.41, 5.74) is 6.05. The van der Waals surface area contributed by atoms with Crippen LogP contribution in [0.25, 0.3) is 0 Å². The molecule has 1 aromatic carbocycles. The Labute approximate surface area is 95.1 Å². The number of sulfone groups is 2. The normalized spacial score (nSPS) is 12.6. The molecule has 0 bridgehead atoms. The van der Waals surface area contributed by atoms with E-state index in [9.17, 15) is 16.8 Å². The lowest BCUT2D eigenvalue weighted by atomic mass is 10.2. The summed E-state index contributed by atoms with van der Waals surface area (Å²) in [5.74, 6) is -0.333. The molecule has 0 saturated heterocycles. The summed E-state index contributed by atoms with van der Waals surface area (Å²) in [6, 6.07) is 4.13. The van der Waals surface area contributed by atoms with E-state index in [1.54, 1.807) is 0 Å². The third-order valence-corrected chi connectivity index (χ3v) is 3.93. The summed E-state index contributed by atoms with van der Waals surface area (Å²) in [7, 11) is -6.74. The van der Waals surface area contributed by atoms with E-state index < -0.39 is 19.7 Å². The van der Waals surface area contributed by atoms with E-state index in [2.05, 4.69) is 0 Å². The second-order valence-electron chi connectivity index (χ2n) is 3.71. The zero-order valence-electron chi connectivity index (χ0n) is 8.97. The molecule has 16 heavy (non-hydrogen) atoms. The number of rotatable bonds is 3. The Balaban J connectivity index is 3.42. The quantitative estimate of drug-likeness (QED) is 0.787. The lowest BCUT2D eigenvalue weighted by Gasteiger charge is -2.07. The van der Waals surface area contributed by atoms with E-state index in [4.69, 9.17) is 5.73 Å². The summed E-state index contributed by atoms with van der Waals surface area (Å²) in [6.07, 6.45) is 2.08. The molecule has 90 valence electrons. The van der Waals surface area contributed by atoms with Crippen LogP contribution in [0.2, 0.25) is 0 Å². The van der Waals surface area contributed by atoms with Crippen molar-refractivity contribution in [2.24, 2.45) is 0 Å². The van der Waals surface area contributed by atoms with Crippen LogP contribution in [-0.4, -0.2) is 29.3 Å². The Morgan fingerprint density at radius 2 is 1.69 bits per heavy atom. The van der Waals surface area contributed by atoms with Gasteiger partial charge in [-0.1, -0.05) is 0 Å². The SMILES string of the molecule is CS(=O)(=O)Cc1cc(N)ccc1S(C)(=O)=O. The maximum atomic E-state index is 11.4. The lowest BCUT2D eigenvalue weighted by molar-refractivity contribution is 0.599. The molecule has 2 N–H and O–H groups in total. The number of hydrogen-bond donors (Lipinski definition) is 1. The largest absolute Gasteiger partial charge is 0.399 e. The maximum Gasteiger partial charge on any atom is 0.175 e. The Morgan fingerprint density at radius 1 is 1.12 bits per heavy atom. The molecule has 0 radical (unpaired) electrons. The van der Waals surface area contributed by atoms with Crippen molar-refractivity contribution < 1.29 is 16.8 Å². The maximum absolute atomic E-state index is 11.4. The molecular formula is C9H13NO4S2. The highest BCUT2D eigenvalue weighted by Gasteiger charge is 2.16. The van der Waals surface area contributed by atoms with Gasteiger partial charge in [0.1, 0.15) is 0 Å². The van der Waals surface area contributed by atoms with Crippen molar-refractivity contribution in [2.45, 2.75) is 10.6 Å². The fourth-order valence-electron chi connectivity index (χ4n) is 1.36. The first-order chi connectivity index (χ1) is 7.09. The summed E-state index contributed by atoms with van der Waals surface area (Å²) in [6.45, 7) is 0. The minimum atomic E-state index is -3.44. The van der Waals surface area contributed by atoms with Gasteiger partial charge in [-0.3, -0.25) is 0 Å². The van der Waals surface area contributed by atoms with Crippen molar-refractivity contribution in [3.63, 3.8) is 0 Å². The molecule has 0 aliphatic heterocycles. The molecule has 0 atom stereocenters. The molecule has 0 saturated carbocycles. The van der Waals surface area contributed by atoms with Gasteiger partial charge in [0.15, 0.2) is 19.7 Å². The van der Waals surface area contributed by atoms with Crippen molar-refractivity contribution in [1.82, 2.24) is 0 Å². The van der Waals surface area contributed by atoms with E-state index in [1.165, 1.54) is 18.2 Å². The first-order valence-electron chi connectivity index (χ1n) is 4.36. The fourth-order valence-corrected chi connectivity index (χ4v) is 3.17. The second kappa shape index (κ2) is 4.06. The highest BCUT2D eigenvalue weighted by atomic mass is 32.2. The van der Waals surface area contributed by atoms with Crippen LogP contribution >= 0.6 is 0 Å². The Morgan fingerprint density at radius 3 is 2.12 bits per heavy atom. The molecular weight excluding hydrogens is 250 g/mol. The van der Waals surface area contributed by atoms with E-state index in [-0.39, 0.29) is 16.2 Å². The second-order valence-corrected chi connectivity index (χ2v) is 7.83. The number of benzene rings is 1. The van der Waals surface area contributed by atoms with Crippen LogP contribution < -0.4 is 5.73 Å². The van der Waals surface area contributed by atoms with Gasteiger partial charge in [0.25, 0.3) is 0 Å². The third-order valence-electron chi connectivity index (χ3n) is 1.90. The van der Waals surface area contributed by atoms with Crippen molar-refractivity contribution >= 4 is 25.4 Å². The first kappa shape index (κ1) is 13.0. The summed E-state index contributed by atoms with van der Waals surface area (Å²) in [4.78, 5) is 0.00660. The average Bonchev–Trinajstić information content (AvgIpc) is 1.97. The van der Waals surface area contributed by atoms with Gasteiger partial charge in [-0.15, -0.1) is 0 Å². The third kappa shape index (κ3) is 3.49. The van der Waals surface area contributed by atoms with Gasteiger partial charge in [-0.05, 0) is 23.8 Å². The van der Waals surface area contributed by atoms with Gasteiger partial charge < -0.3 is 5.73 Å². The molecule has 5 nitrogen and oxygen atoms in total. The lowest BCUT2D eigenvalue weighted by Crippen LogP contribution is -2.08. The molecule has 0 heterocycles. The van der Waals surface area contributed by atoms with Crippen LogP contribution in [0.1, 0.15) is 5.56 Å². The van der Waals surface area contributed by atoms with Crippen LogP contribution in [0.4, 0.5) is 5.69 Å². The molecule has 1 rings (SSSR count). The predicted octanol–water partition coefficient (Wildman–Crippen LogP) is 0.217. The summed E-state index contributed by atoms with van der Waals surface area (Å²) >= 11 is 0. The first-order valence-corrected chi connectivity index (χ1v) is 8.31. The predicted molar refractivity (Wildman–Crippen MR) is 62.5 cm³/mol. The number of nitrogen functional groups attached to an aromatic ring is 1. The number of hydrogen-bond acceptors (Lipinski definition) is 5. The van der Waals surface area contributed by atoms with Crippen molar-refractivity contribution in [1.29, 1.82) is 0 Å². The molecule has 0 spiro atoms. The number of nitrogens with two attached hydrogens (primary N) is 1. The summed E-state index contributed by atoms with van der Waals surface area (Å²) < 4.78 is 45.1. The monoisotopic (exact) mass is 263 g/mol. The molecule has 0 aliphatic carbocycles. The minimum absolute atomic E-state index is 0.00660. The molecule has 0 aliphatic rings. The van der Waals surface area contributed by atoms with E-state index >= 15 is 0 Å². The van der Waals surface area contributed by atoms with E-state index in [0.29, 0.717) is 5.69 Å². The minimum Gasteiger partial charge on any atom is -0.399 e. The molecule has 0 amide bonds. The molecule has 7 heteroatoms. The Bertz CT molecular complexity index is 602. The highest BCUT2D eigenvalue weighted by molar-refractivity contribution is 7.91. The van der Waals surface area contributed by atoms with Gasteiger partial charge >= 0.3 is 0 Å². The fraction of sp³-hybridized carbons (Fsp3) is 0.333. The van der Waals surface area contributed by atoms with Gasteiger partial charge in [0, 0.05) is 18.2 Å². The molecule has 0 fully saturated rings. The van der Waals surface area contributed by atoms with Crippen LogP contribution in [0, 0.1) is 0 Å². The Hall–Kier alpha value is -1.08. The summed E-state index contributed by atoms with van der Waals surface area (Å²) in [5, 5.41) is 0. The zero-order valence-corrected chi connectivity index (χ0v) is 10.6. The van der Waals surface area contributed by atoms with E-state index in [1.807, 2.05) is 0 Å². The molecule has 0 unspecified atom stereocenters. The van der Waals surface area contributed by atoms with Gasteiger partial charge in [0.05, 0.1) is 10.6 Å². The van der Waals surface area contributed by atoms with Crippen molar-refractivity contribution in [3.05, 3.63) is 23.8 Å². The van der Waals surface area contributed by atoms with Gasteiger partial charge in [-0.25, -0.2) is 16.8 Å². The highest BCUT2D eigenvalue weighted by Crippen LogP contribution is 2.20. The molecule has 1 aromatic rings. The standard InChI is InChI=1S/C9H13NO4S2/c1-15(11,12)6-7-5-8(10)3-4-9(7)16(2,13)14/h3-5H,6,10H2,1-2H3. The van der Waals surface area contributed by atoms with Crippen LogP contribution in [0.3, 0.4) is 0 Å². The average molecular weight is 263 g/mol. The van der Waals surface area contributed by atoms with Crippen LogP contribution in [-0.2, 0) is 25.4 Å². The zero-order chi connectivity index (χ0) is 12.6. The van der Waals surface area contributed by atoms with Gasteiger partial charge in [-0.2, -0.15) is 0 Å². The van der Waals surface area contributed by atoms with Gasteiger partial charge in [0.2, 0.25) is 0 Å². The van der Waals surface area contributed by atoms with Crippen LogP contribution in [0.15, 0.2) is 23.1 Å². The smallest absolute Gasteiger partial charge is 0.175 e. The molecule has 0 aromatic heterocycles. The van der Waals surface area contributed by atoms with Crippen molar-refractivity contribution in [2.75, 3.05) is 18.2 Å². The van der Waals surface area contributed by atoms with Crippen molar-refractivity contribution in [3.8, 4) is 0 Å². The Kier molecular flexibility index (Phi) is 3.30.